The van der Waals surface area contributed by atoms with Crippen LogP contribution < -0.4 is 5.32 Å². The maximum atomic E-state index is 13.1. The fourth-order valence-electron chi connectivity index (χ4n) is 4.14. The second kappa shape index (κ2) is 10.7. The molecule has 1 heterocycles. The first kappa shape index (κ1) is 24.4. The van der Waals surface area contributed by atoms with E-state index < -0.39 is 10.0 Å². The molecule has 1 aliphatic heterocycles. The number of likely N-dealkylation sites (tertiary alicyclic amines) is 1. The van der Waals surface area contributed by atoms with Crippen molar-refractivity contribution in [2.75, 3.05) is 20.1 Å². The predicted molar refractivity (Wildman–Crippen MR) is 134 cm³/mol. The number of carbonyl (C=O) groups excluding carboxylic acids is 1. The quantitative estimate of drug-likeness (QED) is 0.507. The highest BCUT2D eigenvalue weighted by Crippen LogP contribution is 2.24. The van der Waals surface area contributed by atoms with Crippen molar-refractivity contribution in [1.82, 2.24) is 14.5 Å². The normalized spacial score (nSPS) is 16.6. The lowest BCUT2D eigenvalue weighted by molar-refractivity contribution is 0.0937. The number of hydrogen-bond donors (Lipinski definition) is 1. The van der Waals surface area contributed by atoms with E-state index in [4.69, 9.17) is 11.6 Å². The summed E-state index contributed by atoms with van der Waals surface area (Å²) in [6.07, 6.45) is 0.827. The van der Waals surface area contributed by atoms with Crippen LogP contribution in [-0.4, -0.2) is 49.7 Å². The Morgan fingerprint density at radius 1 is 1.03 bits per heavy atom. The van der Waals surface area contributed by atoms with E-state index in [2.05, 4.69) is 22.3 Å². The fourth-order valence-corrected chi connectivity index (χ4v) is 5.53. The zero-order chi connectivity index (χ0) is 24.1. The van der Waals surface area contributed by atoms with Gasteiger partial charge in [-0.15, -0.1) is 0 Å². The van der Waals surface area contributed by atoms with Gasteiger partial charge < -0.3 is 5.32 Å². The summed E-state index contributed by atoms with van der Waals surface area (Å²) in [7, 11) is -2.27. The van der Waals surface area contributed by atoms with E-state index in [9.17, 15) is 13.2 Å². The molecule has 1 fully saturated rings. The van der Waals surface area contributed by atoms with E-state index in [0.717, 1.165) is 31.6 Å². The summed E-state index contributed by atoms with van der Waals surface area (Å²) < 4.78 is 27.5. The minimum absolute atomic E-state index is 0.0201. The van der Waals surface area contributed by atoms with Gasteiger partial charge in [-0.3, -0.25) is 9.69 Å². The molecule has 4 rings (SSSR count). The summed E-state index contributed by atoms with van der Waals surface area (Å²) >= 11 is 6.29. The van der Waals surface area contributed by atoms with E-state index in [-0.39, 0.29) is 34.0 Å². The molecule has 0 aliphatic carbocycles. The first-order valence-electron chi connectivity index (χ1n) is 11.2. The first-order valence-corrected chi connectivity index (χ1v) is 13.0. The van der Waals surface area contributed by atoms with Crippen LogP contribution in [0.25, 0.3) is 0 Å². The van der Waals surface area contributed by atoms with Gasteiger partial charge in [0.15, 0.2) is 0 Å². The number of rotatable bonds is 8. The highest BCUT2D eigenvalue weighted by Gasteiger charge is 2.27. The van der Waals surface area contributed by atoms with Crippen LogP contribution in [0.5, 0.6) is 0 Å². The molecule has 0 spiro atoms. The third kappa shape index (κ3) is 5.85. The standard InChI is InChI=1S/C26H28ClN3O3S/c1-29(17-20-8-4-2-5-9-20)34(32,33)23-12-13-25(27)24(16-23)26(31)28-22-14-15-30(19-22)18-21-10-6-3-7-11-21/h2-13,16,22H,14-15,17-19H2,1H3,(H,28,31). The van der Waals surface area contributed by atoms with Crippen molar-refractivity contribution in [1.29, 1.82) is 0 Å². The molecule has 1 N–H and O–H groups in total. The predicted octanol–water partition coefficient (Wildman–Crippen LogP) is 4.17. The van der Waals surface area contributed by atoms with Crippen LogP contribution >= 0.6 is 11.6 Å². The number of benzene rings is 3. The van der Waals surface area contributed by atoms with E-state index in [0.29, 0.717) is 0 Å². The van der Waals surface area contributed by atoms with Gasteiger partial charge in [-0.25, -0.2) is 8.42 Å². The van der Waals surface area contributed by atoms with Crippen LogP contribution in [0.1, 0.15) is 27.9 Å². The molecule has 3 aromatic carbocycles. The molecule has 0 aromatic heterocycles. The van der Waals surface area contributed by atoms with Gasteiger partial charge in [-0.1, -0.05) is 72.3 Å². The van der Waals surface area contributed by atoms with Gasteiger partial charge in [0, 0.05) is 39.3 Å². The number of nitrogens with one attached hydrogen (secondary N) is 1. The van der Waals surface area contributed by atoms with Crippen LogP contribution in [0.4, 0.5) is 0 Å². The van der Waals surface area contributed by atoms with Crippen molar-refractivity contribution in [2.24, 2.45) is 0 Å². The Hall–Kier alpha value is -2.71. The molecule has 8 heteroatoms. The van der Waals surface area contributed by atoms with Crippen molar-refractivity contribution < 1.29 is 13.2 Å². The molecule has 0 saturated carbocycles. The molecule has 3 aromatic rings. The van der Waals surface area contributed by atoms with Crippen molar-refractivity contribution in [2.45, 2.75) is 30.4 Å². The zero-order valence-electron chi connectivity index (χ0n) is 19.0. The van der Waals surface area contributed by atoms with Crippen LogP contribution in [0, 0.1) is 0 Å². The SMILES string of the molecule is CN(Cc1ccccc1)S(=O)(=O)c1ccc(Cl)c(C(=O)NC2CCN(Cc3ccccc3)C2)c1. The average Bonchev–Trinajstić information content (AvgIpc) is 3.27. The first-order chi connectivity index (χ1) is 16.3. The molecule has 1 aliphatic rings. The number of carbonyl (C=O) groups is 1. The second-order valence-electron chi connectivity index (χ2n) is 8.57. The van der Waals surface area contributed by atoms with E-state index in [1.165, 1.54) is 35.1 Å². The van der Waals surface area contributed by atoms with Crippen LogP contribution in [0.3, 0.4) is 0 Å². The van der Waals surface area contributed by atoms with Gasteiger partial charge >= 0.3 is 0 Å². The molecule has 1 saturated heterocycles. The van der Waals surface area contributed by atoms with Gasteiger partial charge in [-0.05, 0) is 35.7 Å². The smallest absolute Gasteiger partial charge is 0.253 e. The Morgan fingerprint density at radius 3 is 2.35 bits per heavy atom. The van der Waals surface area contributed by atoms with Crippen LogP contribution in [0.15, 0.2) is 83.8 Å². The summed E-state index contributed by atoms with van der Waals surface area (Å²) in [5.74, 6) is -0.362. The van der Waals surface area contributed by atoms with E-state index in [1.54, 1.807) is 0 Å². The molecule has 0 bridgehead atoms. The van der Waals surface area contributed by atoms with Gasteiger partial charge in [0.25, 0.3) is 5.91 Å². The largest absolute Gasteiger partial charge is 0.348 e. The number of hydrogen-bond acceptors (Lipinski definition) is 4. The van der Waals surface area contributed by atoms with Crippen molar-refractivity contribution in [3.05, 3.63) is 101 Å². The summed E-state index contributed by atoms with van der Waals surface area (Å²) in [4.78, 5) is 15.3. The molecule has 1 amide bonds. The van der Waals surface area contributed by atoms with Crippen molar-refractivity contribution >= 4 is 27.5 Å². The van der Waals surface area contributed by atoms with Crippen molar-refractivity contribution in [3.8, 4) is 0 Å². The number of halogens is 1. The lowest BCUT2D eigenvalue weighted by Crippen LogP contribution is -2.37. The number of nitrogens with zero attached hydrogens (tertiary/aromatic N) is 2. The van der Waals surface area contributed by atoms with Crippen LogP contribution in [-0.2, 0) is 23.1 Å². The van der Waals surface area contributed by atoms with Gasteiger partial charge in [0.1, 0.15) is 0 Å². The highest BCUT2D eigenvalue weighted by atomic mass is 35.5. The molecule has 0 radical (unpaired) electrons. The van der Waals surface area contributed by atoms with Gasteiger partial charge in [-0.2, -0.15) is 4.31 Å². The summed E-state index contributed by atoms with van der Waals surface area (Å²) in [6.45, 7) is 2.67. The Kier molecular flexibility index (Phi) is 7.68. The molecule has 6 nitrogen and oxygen atoms in total. The molecule has 34 heavy (non-hydrogen) atoms. The van der Waals surface area contributed by atoms with E-state index >= 15 is 0 Å². The Labute approximate surface area is 206 Å². The lowest BCUT2D eigenvalue weighted by atomic mass is 10.2. The number of amides is 1. The Balaban J connectivity index is 1.42. The molecule has 178 valence electrons. The Bertz CT molecular complexity index is 1240. The number of sulfonamides is 1. The van der Waals surface area contributed by atoms with E-state index in [1.807, 2.05) is 48.5 Å². The fraction of sp³-hybridized carbons (Fsp3) is 0.269. The maximum absolute atomic E-state index is 13.1. The molecule has 1 atom stereocenters. The molecule has 1 unspecified atom stereocenters. The molecular formula is C26H28ClN3O3S. The Morgan fingerprint density at radius 2 is 1.68 bits per heavy atom. The third-order valence-electron chi connectivity index (χ3n) is 6.00. The summed E-state index contributed by atoms with van der Waals surface area (Å²) in [5.41, 5.74) is 2.27. The summed E-state index contributed by atoms with van der Waals surface area (Å²) in [5, 5.41) is 3.25. The van der Waals surface area contributed by atoms with Crippen molar-refractivity contribution in [3.63, 3.8) is 0 Å². The topological polar surface area (TPSA) is 69.7 Å². The van der Waals surface area contributed by atoms with Crippen LogP contribution in [0.2, 0.25) is 5.02 Å². The minimum atomic E-state index is -3.79. The monoisotopic (exact) mass is 497 g/mol. The minimum Gasteiger partial charge on any atom is -0.348 e. The average molecular weight is 498 g/mol. The molecular weight excluding hydrogens is 470 g/mol. The van der Waals surface area contributed by atoms with Gasteiger partial charge in [0.05, 0.1) is 15.5 Å². The highest BCUT2D eigenvalue weighted by molar-refractivity contribution is 7.89. The third-order valence-corrected chi connectivity index (χ3v) is 8.12. The lowest BCUT2D eigenvalue weighted by Gasteiger charge is -2.19. The maximum Gasteiger partial charge on any atom is 0.253 e. The van der Waals surface area contributed by atoms with Gasteiger partial charge in [0.2, 0.25) is 10.0 Å². The zero-order valence-corrected chi connectivity index (χ0v) is 20.6. The summed E-state index contributed by atoms with van der Waals surface area (Å²) in [6, 6.07) is 23.8. The second-order valence-corrected chi connectivity index (χ2v) is 11.0.